The number of hydrogen-bond donors (Lipinski definition) is 2. The number of aliphatic imine (C=N–C) groups is 1. The van der Waals surface area contributed by atoms with Gasteiger partial charge in [-0.05, 0) is 25.0 Å². The minimum atomic E-state index is -0.0293. The molecule has 6 heteroatoms. The monoisotopic (exact) mass is 310 g/mol. The average Bonchev–Trinajstić information content (AvgIpc) is 2.46. The number of carbonyl (C=O) groups is 1. The van der Waals surface area contributed by atoms with Crippen LogP contribution in [-0.4, -0.2) is 50.5 Å². The predicted octanol–water partition coefficient (Wildman–Crippen LogP) is 1.53. The number of hydrogen-bond acceptors (Lipinski definition) is 2. The molecule has 0 bridgehead atoms. The largest absolute Gasteiger partial charge is 0.357 e. The first-order valence-electron chi connectivity index (χ1n) is 7.00. The molecule has 21 heavy (non-hydrogen) atoms. The van der Waals surface area contributed by atoms with E-state index in [0.717, 1.165) is 23.6 Å². The van der Waals surface area contributed by atoms with E-state index in [0.29, 0.717) is 12.5 Å². The van der Waals surface area contributed by atoms with Crippen LogP contribution in [0.15, 0.2) is 29.3 Å². The minimum absolute atomic E-state index is 0.0293. The molecule has 0 radical (unpaired) electrons. The van der Waals surface area contributed by atoms with Gasteiger partial charge in [0.1, 0.15) is 6.54 Å². The summed E-state index contributed by atoms with van der Waals surface area (Å²) >= 11 is 6.11. The van der Waals surface area contributed by atoms with E-state index in [-0.39, 0.29) is 12.5 Å². The molecular formula is C15H23ClN4O. The summed E-state index contributed by atoms with van der Waals surface area (Å²) in [5, 5.41) is 7.08. The molecule has 0 unspecified atom stereocenters. The molecule has 0 heterocycles. The van der Waals surface area contributed by atoms with Gasteiger partial charge in [-0.2, -0.15) is 0 Å². The fourth-order valence-corrected chi connectivity index (χ4v) is 1.88. The van der Waals surface area contributed by atoms with Gasteiger partial charge in [0.05, 0.1) is 0 Å². The van der Waals surface area contributed by atoms with Crippen LogP contribution < -0.4 is 10.6 Å². The maximum absolute atomic E-state index is 11.5. The van der Waals surface area contributed by atoms with Crippen molar-refractivity contribution in [3.05, 3.63) is 34.9 Å². The number of rotatable bonds is 6. The summed E-state index contributed by atoms with van der Waals surface area (Å²) in [6, 6.07) is 7.77. The van der Waals surface area contributed by atoms with Gasteiger partial charge in [0.15, 0.2) is 5.96 Å². The summed E-state index contributed by atoms with van der Waals surface area (Å²) in [4.78, 5) is 17.3. The Morgan fingerprint density at radius 2 is 2.00 bits per heavy atom. The van der Waals surface area contributed by atoms with Crippen LogP contribution in [0.25, 0.3) is 0 Å². The van der Waals surface area contributed by atoms with E-state index in [1.54, 1.807) is 14.1 Å². The van der Waals surface area contributed by atoms with Gasteiger partial charge in [0, 0.05) is 32.2 Å². The Kier molecular flexibility index (Phi) is 7.61. The molecule has 1 aromatic rings. The Bertz CT molecular complexity index is 488. The molecule has 0 aromatic heterocycles. The van der Waals surface area contributed by atoms with Gasteiger partial charge in [-0.3, -0.25) is 4.79 Å². The molecule has 116 valence electrons. The minimum Gasteiger partial charge on any atom is -0.357 e. The normalized spacial score (nSPS) is 11.1. The van der Waals surface area contributed by atoms with Gasteiger partial charge in [0.2, 0.25) is 5.91 Å². The summed E-state index contributed by atoms with van der Waals surface area (Å²) in [5.74, 6) is 0.609. The second-order valence-corrected chi connectivity index (χ2v) is 5.16. The smallest absolute Gasteiger partial charge is 0.243 e. The Morgan fingerprint density at radius 1 is 1.29 bits per heavy atom. The van der Waals surface area contributed by atoms with Gasteiger partial charge < -0.3 is 15.5 Å². The number of likely N-dealkylation sites (N-methyl/N-ethyl adjacent to an activating group) is 1. The van der Waals surface area contributed by atoms with Crippen LogP contribution >= 0.6 is 11.6 Å². The Balaban J connectivity index is 2.49. The van der Waals surface area contributed by atoms with E-state index in [1.165, 1.54) is 4.90 Å². The SMILES string of the molecule is CCNC(=NCC(=O)N(C)C)NCCc1ccccc1Cl. The topological polar surface area (TPSA) is 56.7 Å². The summed E-state index contributed by atoms with van der Waals surface area (Å²) in [6.07, 6.45) is 0.797. The Labute approximate surface area is 131 Å². The first-order valence-corrected chi connectivity index (χ1v) is 7.38. The third-order valence-electron chi connectivity index (χ3n) is 2.86. The average molecular weight is 311 g/mol. The van der Waals surface area contributed by atoms with Crippen molar-refractivity contribution in [1.29, 1.82) is 0 Å². The molecule has 0 fully saturated rings. The highest BCUT2D eigenvalue weighted by Gasteiger charge is 2.04. The lowest BCUT2D eigenvalue weighted by Crippen LogP contribution is -2.39. The zero-order valence-electron chi connectivity index (χ0n) is 12.8. The molecule has 0 aliphatic rings. The van der Waals surface area contributed by atoms with Crippen LogP contribution in [0, 0.1) is 0 Å². The van der Waals surface area contributed by atoms with Crippen LogP contribution in [-0.2, 0) is 11.2 Å². The highest BCUT2D eigenvalue weighted by atomic mass is 35.5. The van der Waals surface area contributed by atoms with E-state index >= 15 is 0 Å². The number of guanidine groups is 1. The van der Waals surface area contributed by atoms with Crippen molar-refractivity contribution < 1.29 is 4.79 Å². The first-order chi connectivity index (χ1) is 10.0. The predicted molar refractivity (Wildman–Crippen MR) is 87.8 cm³/mol. The van der Waals surface area contributed by atoms with Gasteiger partial charge >= 0.3 is 0 Å². The van der Waals surface area contributed by atoms with E-state index in [1.807, 2.05) is 31.2 Å². The lowest BCUT2D eigenvalue weighted by Gasteiger charge is -2.13. The maximum atomic E-state index is 11.5. The van der Waals surface area contributed by atoms with Crippen molar-refractivity contribution in [2.24, 2.45) is 4.99 Å². The van der Waals surface area contributed by atoms with Crippen LogP contribution in [0.5, 0.6) is 0 Å². The van der Waals surface area contributed by atoms with Crippen LogP contribution in [0.1, 0.15) is 12.5 Å². The van der Waals surface area contributed by atoms with Crippen molar-refractivity contribution >= 4 is 23.5 Å². The lowest BCUT2D eigenvalue weighted by molar-refractivity contribution is -0.127. The van der Waals surface area contributed by atoms with Crippen LogP contribution in [0.4, 0.5) is 0 Å². The third kappa shape index (κ3) is 6.49. The first kappa shape index (κ1) is 17.3. The number of nitrogens with zero attached hydrogens (tertiary/aromatic N) is 2. The van der Waals surface area contributed by atoms with Crippen molar-refractivity contribution in [3.8, 4) is 0 Å². The van der Waals surface area contributed by atoms with Crippen molar-refractivity contribution in [2.75, 3.05) is 33.7 Å². The van der Waals surface area contributed by atoms with Crippen molar-refractivity contribution in [1.82, 2.24) is 15.5 Å². The van der Waals surface area contributed by atoms with Crippen molar-refractivity contribution in [3.63, 3.8) is 0 Å². The Hall–Kier alpha value is -1.75. The summed E-state index contributed by atoms with van der Waals surface area (Å²) in [6.45, 7) is 3.56. The second kappa shape index (κ2) is 9.23. The molecule has 1 rings (SSSR count). The van der Waals surface area contributed by atoms with Crippen LogP contribution in [0.2, 0.25) is 5.02 Å². The number of nitrogens with one attached hydrogen (secondary N) is 2. The number of benzene rings is 1. The molecule has 5 nitrogen and oxygen atoms in total. The fraction of sp³-hybridized carbons (Fsp3) is 0.467. The summed E-state index contributed by atoms with van der Waals surface area (Å²) < 4.78 is 0. The van der Waals surface area contributed by atoms with Crippen molar-refractivity contribution in [2.45, 2.75) is 13.3 Å². The molecular weight excluding hydrogens is 288 g/mol. The molecule has 0 saturated carbocycles. The van der Waals surface area contributed by atoms with Gasteiger partial charge in [-0.15, -0.1) is 0 Å². The molecule has 2 N–H and O–H groups in total. The number of halogens is 1. The quantitative estimate of drug-likeness (QED) is 0.619. The number of carbonyl (C=O) groups excluding carboxylic acids is 1. The molecule has 0 atom stereocenters. The zero-order chi connectivity index (χ0) is 15.7. The maximum Gasteiger partial charge on any atom is 0.243 e. The van der Waals surface area contributed by atoms with E-state index in [4.69, 9.17) is 11.6 Å². The second-order valence-electron chi connectivity index (χ2n) is 4.75. The van der Waals surface area contributed by atoms with Gasteiger partial charge in [-0.25, -0.2) is 4.99 Å². The summed E-state index contributed by atoms with van der Waals surface area (Å²) in [5.41, 5.74) is 1.09. The summed E-state index contributed by atoms with van der Waals surface area (Å²) in [7, 11) is 3.44. The highest BCUT2D eigenvalue weighted by Crippen LogP contribution is 2.14. The third-order valence-corrected chi connectivity index (χ3v) is 3.23. The zero-order valence-corrected chi connectivity index (χ0v) is 13.6. The highest BCUT2D eigenvalue weighted by molar-refractivity contribution is 6.31. The molecule has 1 aromatic carbocycles. The molecule has 0 aliphatic carbocycles. The lowest BCUT2D eigenvalue weighted by atomic mass is 10.1. The molecule has 0 aliphatic heterocycles. The van der Waals surface area contributed by atoms with E-state index < -0.39 is 0 Å². The standard InChI is InChI=1S/C15H23ClN4O/c1-4-17-15(19-11-14(21)20(2)3)18-10-9-12-7-5-6-8-13(12)16/h5-8H,4,9-11H2,1-3H3,(H2,17,18,19). The van der Waals surface area contributed by atoms with E-state index in [2.05, 4.69) is 15.6 Å². The number of amides is 1. The van der Waals surface area contributed by atoms with Crippen LogP contribution in [0.3, 0.4) is 0 Å². The molecule has 0 spiro atoms. The molecule has 0 saturated heterocycles. The van der Waals surface area contributed by atoms with E-state index in [9.17, 15) is 4.79 Å². The fourth-order valence-electron chi connectivity index (χ4n) is 1.65. The molecule has 1 amide bonds. The Morgan fingerprint density at radius 3 is 2.62 bits per heavy atom. The van der Waals surface area contributed by atoms with Gasteiger partial charge in [-0.1, -0.05) is 29.8 Å². The van der Waals surface area contributed by atoms with Gasteiger partial charge in [0.25, 0.3) is 0 Å².